The standard InChI is InChI=1S/C12H14S2/c1-9(2)7-13-12-8-14-11-6-4-3-5-10(11)12/h3-6,8-9H,7H2,1-2H3. The summed E-state index contributed by atoms with van der Waals surface area (Å²) in [5, 5.41) is 3.70. The van der Waals surface area contributed by atoms with Crippen LogP contribution in [-0.4, -0.2) is 5.75 Å². The molecule has 0 unspecified atom stereocenters. The summed E-state index contributed by atoms with van der Waals surface area (Å²) in [6.07, 6.45) is 0. The molecule has 0 N–H and O–H groups in total. The molecule has 0 aliphatic heterocycles. The van der Waals surface area contributed by atoms with Gasteiger partial charge in [-0.2, -0.15) is 0 Å². The Morgan fingerprint density at radius 2 is 2.07 bits per heavy atom. The number of rotatable bonds is 3. The maximum Gasteiger partial charge on any atom is 0.0354 e. The fraction of sp³-hybridized carbons (Fsp3) is 0.333. The number of benzene rings is 1. The minimum Gasteiger partial charge on any atom is -0.143 e. The van der Waals surface area contributed by atoms with Gasteiger partial charge in [0.25, 0.3) is 0 Å². The van der Waals surface area contributed by atoms with Crippen LogP contribution in [0.2, 0.25) is 0 Å². The van der Waals surface area contributed by atoms with Crippen molar-refractivity contribution in [1.82, 2.24) is 0 Å². The van der Waals surface area contributed by atoms with Crippen LogP contribution in [0.4, 0.5) is 0 Å². The average Bonchev–Trinajstić information content (AvgIpc) is 2.58. The van der Waals surface area contributed by atoms with E-state index >= 15 is 0 Å². The zero-order valence-electron chi connectivity index (χ0n) is 8.49. The van der Waals surface area contributed by atoms with Gasteiger partial charge in [0, 0.05) is 26.1 Å². The van der Waals surface area contributed by atoms with E-state index in [9.17, 15) is 0 Å². The highest BCUT2D eigenvalue weighted by atomic mass is 32.2. The molecule has 0 radical (unpaired) electrons. The van der Waals surface area contributed by atoms with Crippen molar-refractivity contribution >= 4 is 33.2 Å². The van der Waals surface area contributed by atoms with Gasteiger partial charge in [-0.1, -0.05) is 32.0 Å². The molecule has 0 aliphatic carbocycles. The predicted molar refractivity (Wildman–Crippen MR) is 67.4 cm³/mol. The zero-order chi connectivity index (χ0) is 9.97. The van der Waals surface area contributed by atoms with E-state index in [1.807, 2.05) is 23.1 Å². The molecule has 2 aromatic rings. The lowest BCUT2D eigenvalue weighted by molar-refractivity contribution is 0.750. The molecule has 14 heavy (non-hydrogen) atoms. The normalized spacial score (nSPS) is 11.4. The molecule has 0 bridgehead atoms. The number of thiophene rings is 1. The summed E-state index contributed by atoms with van der Waals surface area (Å²) in [5.41, 5.74) is 0. The quantitative estimate of drug-likeness (QED) is 0.681. The van der Waals surface area contributed by atoms with Crippen LogP contribution >= 0.6 is 23.1 Å². The van der Waals surface area contributed by atoms with Crippen molar-refractivity contribution in [2.24, 2.45) is 5.92 Å². The minimum absolute atomic E-state index is 0.763. The summed E-state index contributed by atoms with van der Waals surface area (Å²) in [5.74, 6) is 1.97. The summed E-state index contributed by atoms with van der Waals surface area (Å²) in [7, 11) is 0. The highest BCUT2D eigenvalue weighted by Gasteiger charge is 2.04. The molecule has 0 amide bonds. The smallest absolute Gasteiger partial charge is 0.0354 e. The second-order valence-corrected chi connectivity index (χ2v) is 5.77. The van der Waals surface area contributed by atoms with Gasteiger partial charge in [-0.25, -0.2) is 0 Å². The van der Waals surface area contributed by atoms with Crippen molar-refractivity contribution in [3.05, 3.63) is 29.6 Å². The Labute approximate surface area is 93.3 Å². The summed E-state index contributed by atoms with van der Waals surface area (Å²) in [6.45, 7) is 4.53. The molecular formula is C12H14S2. The highest BCUT2D eigenvalue weighted by molar-refractivity contribution is 7.99. The SMILES string of the molecule is CC(C)CSc1csc2ccccc12. The van der Waals surface area contributed by atoms with Crippen LogP contribution in [0.5, 0.6) is 0 Å². The molecular weight excluding hydrogens is 208 g/mol. The van der Waals surface area contributed by atoms with Crippen molar-refractivity contribution in [3.8, 4) is 0 Å². The maximum atomic E-state index is 2.28. The second kappa shape index (κ2) is 4.37. The summed E-state index contributed by atoms with van der Waals surface area (Å²) >= 11 is 3.82. The molecule has 74 valence electrons. The van der Waals surface area contributed by atoms with E-state index in [0.717, 1.165) is 5.92 Å². The van der Waals surface area contributed by atoms with Crippen molar-refractivity contribution in [1.29, 1.82) is 0 Å². The number of fused-ring (bicyclic) bond motifs is 1. The lowest BCUT2D eigenvalue weighted by Gasteiger charge is -2.02. The maximum absolute atomic E-state index is 2.28. The molecule has 0 spiro atoms. The zero-order valence-corrected chi connectivity index (χ0v) is 10.1. The Balaban J connectivity index is 2.25. The van der Waals surface area contributed by atoms with E-state index in [-0.39, 0.29) is 0 Å². The Kier molecular flexibility index (Phi) is 3.14. The fourth-order valence-electron chi connectivity index (χ4n) is 1.32. The van der Waals surface area contributed by atoms with Gasteiger partial charge < -0.3 is 0 Å². The van der Waals surface area contributed by atoms with Crippen LogP contribution in [0.1, 0.15) is 13.8 Å². The van der Waals surface area contributed by atoms with E-state index in [0.29, 0.717) is 0 Å². The Hall–Kier alpha value is -0.470. The predicted octanol–water partition coefficient (Wildman–Crippen LogP) is 4.65. The molecule has 0 saturated heterocycles. The van der Waals surface area contributed by atoms with Crippen molar-refractivity contribution in [3.63, 3.8) is 0 Å². The van der Waals surface area contributed by atoms with Gasteiger partial charge in [0.05, 0.1) is 0 Å². The van der Waals surface area contributed by atoms with Gasteiger partial charge in [-0.3, -0.25) is 0 Å². The van der Waals surface area contributed by atoms with E-state index in [4.69, 9.17) is 0 Å². The largest absolute Gasteiger partial charge is 0.143 e. The monoisotopic (exact) mass is 222 g/mol. The summed E-state index contributed by atoms with van der Waals surface area (Å²) in [6, 6.07) is 8.64. The number of hydrogen-bond donors (Lipinski definition) is 0. The third-order valence-corrected chi connectivity index (χ3v) is 4.61. The Bertz CT molecular complexity index is 415. The molecule has 0 aliphatic rings. The Morgan fingerprint density at radius 1 is 1.29 bits per heavy atom. The van der Waals surface area contributed by atoms with E-state index in [2.05, 4.69) is 43.5 Å². The van der Waals surface area contributed by atoms with Crippen LogP contribution in [-0.2, 0) is 0 Å². The first-order valence-electron chi connectivity index (χ1n) is 4.86. The molecule has 2 heteroatoms. The van der Waals surface area contributed by atoms with Crippen molar-refractivity contribution < 1.29 is 0 Å². The van der Waals surface area contributed by atoms with Gasteiger partial charge in [0.15, 0.2) is 0 Å². The van der Waals surface area contributed by atoms with E-state index < -0.39 is 0 Å². The van der Waals surface area contributed by atoms with Crippen LogP contribution in [0.15, 0.2) is 34.5 Å². The molecule has 0 fully saturated rings. The average molecular weight is 222 g/mol. The summed E-state index contributed by atoms with van der Waals surface area (Å²) < 4.78 is 1.40. The third-order valence-electron chi connectivity index (χ3n) is 2.02. The van der Waals surface area contributed by atoms with Gasteiger partial charge >= 0.3 is 0 Å². The fourth-order valence-corrected chi connectivity index (χ4v) is 3.47. The molecule has 1 aromatic heterocycles. The molecule has 0 saturated carbocycles. The van der Waals surface area contributed by atoms with Crippen LogP contribution < -0.4 is 0 Å². The number of thioether (sulfide) groups is 1. The van der Waals surface area contributed by atoms with Gasteiger partial charge in [-0.15, -0.1) is 23.1 Å². The molecule has 0 nitrogen and oxygen atoms in total. The lowest BCUT2D eigenvalue weighted by atomic mass is 10.3. The molecule has 1 heterocycles. The van der Waals surface area contributed by atoms with E-state index in [1.54, 1.807) is 0 Å². The molecule has 0 atom stereocenters. The first-order valence-corrected chi connectivity index (χ1v) is 6.73. The van der Waals surface area contributed by atoms with Crippen LogP contribution in [0, 0.1) is 5.92 Å². The number of hydrogen-bond acceptors (Lipinski definition) is 2. The van der Waals surface area contributed by atoms with Crippen LogP contribution in [0.25, 0.3) is 10.1 Å². The van der Waals surface area contributed by atoms with E-state index in [1.165, 1.54) is 20.7 Å². The van der Waals surface area contributed by atoms with Crippen molar-refractivity contribution in [2.75, 3.05) is 5.75 Å². The highest BCUT2D eigenvalue weighted by Crippen LogP contribution is 2.33. The van der Waals surface area contributed by atoms with Crippen LogP contribution in [0.3, 0.4) is 0 Å². The third kappa shape index (κ3) is 2.12. The van der Waals surface area contributed by atoms with Gasteiger partial charge in [0.2, 0.25) is 0 Å². The molecule has 1 aromatic carbocycles. The minimum atomic E-state index is 0.763. The topological polar surface area (TPSA) is 0 Å². The molecule has 2 rings (SSSR count). The Morgan fingerprint density at radius 3 is 2.86 bits per heavy atom. The first-order chi connectivity index (χ1) is 6.77. The lowest BCUT2D eigenvalue weighted by Crippen LogP contribution is -1.89. The first kappa shape index (κ1) is 10.1. The van der Waals surface area contributed by atoms with Gasteiger partial charge in [0.1, 0.15) is 0 Å². The second-order valence-electron chi connectivity index (χ2n) is 3.80. The summed E-state index contributed by atoms with van der Waals surface area (Å²) in [4.78, 5) is 1.44. The van der Waals surface area contributed by atoms with Crippen molar-refractivity contribution in [2.45, 2.75) is 18.7 Å². The van der Waals surface area contributed by atoms with Gasteiger partial charge in [-0.05, 0) is 12.0 Å².